The molecule has 3 nitrogen and oxygen atoms in total. The first-order valence-corrected chi connectivity index (χ1v) is 6.26. The van der Waals surface area contributed by atoms with Gasteiger partial charge in [0.15, 0.2) is 0 Å². The largest absolute Gasteiger partial charge is 0.357 e. The summed E-state index contributed by atoms with van der Waals surface area (Å²) >= 11 is 0. The maximum atomic E-state index is 13.4. The Kier molecular flexibility index (Phi) is 4.34. The minimum Gasteiger partial charge on any atom is -0.357 e. The average molecular weight is 260 g/mol. The highest BCUT2D eigenvalue weighted by molar-refractivity contribution is 5.78. The van der Waals surface area contributed by atoms with Crippen molar-refractivity contribution in [2.24, 2.45) is 7.05 Å². The summed E-state index contributed by atoms with van der Waals surface area (Å²) in [5.74, 6) is -0.484. The van der Waals surface area contributed by atoms with Gasteiger partial charge in [-0.25, -0.2) is 4.39 Å². The molecule has 0 unspecified atom stereocenters. The first-order valence-electron chi connectivity index (χ1n) is 6.26. The molecule has 0 aliphatic heterocycles. The topological polar surface area (TPSA) is 34.0 Å². The van der Waals surface area contributed by atoms with Crippen LogP contribution in [0.25, 0.3) is 0 Å². The Labute approximate surface area is 112 Å². The van der Waals surface area contributed by atoms with Gasteiger partial charge >= 0.3 is 0 Å². The molecule has 1 N–H and O–H groups in total. The van der Waals surface area contributed by atoms with Gasteiger partial charge < -0.3 is 9.88 Å². The number of rotatable bonds is 5. The van der Waals surface area contributed by atoms with Crippen LogP contribution in [0, 0.1) is 5.82 Å². The lowest BCUT2D eigenvalue weighted by molar-refractivity contribution is -0.120. The second kappa shape index (κ2) is 6.18. The summed E-state index contributed by atoms with van der Waals surface area (Å²) in [4.78, 5) is 11.7. The van der Waals surface area contributed by atoms with E-state index >= 15 is 0 Å². The van der Waals surface area contributed by atoms with Crippen LogP contribution in [-0.4, -0.2) is 17.0 Å². The van der Waals surface area contributed by atoms with E-state index in [1.807, 2.05) is 30.1 Å². The third-order valence-electron chi connectivity index (χ3n) is 2.94. The molecule has 19 heavy (non-hydrogen) atoms. The highest BCUT2D eigenvalue weighted by Crippen LogP contribution is 2.06. The first-order chi connectivity index (χ1) is 9.15. The number of amides is 1. The molecule has 1 aromatic heterocycles. The number of aromatic nitrogens is 1. The highest BCUT2D eigenvalue weighted by Gasteiger charge is 2.07. The number of carbonyl (C=O) groups is 1. The zero-order chi connectivity index (χ0) is 13.7. The van der Waals surface area contributed by atoms with Gasteiger partial charge in [0.1, 0.15) is 5.82 Å². The predicted molar refractivity (Wildman–Crippen MR) is 72.2 cm³/mol. The lowest BCUT2D eigenvalue weighted by atomic mass is 10.1. The molecule has 0 spiro atoms. The molecule has 1 aromatic carbocycles. The average Bonchev–Trinajstić information content (AvgIpc) is 2.78. The quantitative estimate of drug-likeness (QED) is 0.877. The zero-order valence-electron chi connectivity index (χ0n) is 10.9. The van der Waals surface area contributed by atoms with E-state index in [9.17, 15) is 9.18 Å². The molecule has 0 aliphatic carbocycles. The molecule has 1 amide bonds. The Hall–Kier alpha value is -2.10. The van der Waals surface area contributed by atoms with E-state index in [0.29, 0.717) is 12.1 Å². The van der Waals surface area contributed by atoms with Gasteiger partial charge in [0.25, 0.3) is 0 Å². The fourth-order valence-electron chi connectivity index (χ4n) is 1.93. The van der Waals surface area contributed by atoms with Crippen LogP contribution in [0.4, 0.5) is 4.39 Å². The van der Waals surface area contributed by atoms with Crippen LogP contribution >= 0.6 is 0 Å². The summed E-state index contributed by atoms with van der Waals surface area (Å²) in [6.45, 7) is 0.567. The van der Waals surface area contributed by atoms with Crippen molar-refractivity contribution in [2.45, 2.75) is 12.8 Å². The maximum Gasteiger partial charge on any atom is 0.224 e. The van der Waals surface area contributed by atoms with Gasteiger partial charge in [0.05, 0.1) is 6.42 Å². The predicted octanol–water partition coefficient (Wildman–Crippen LogP) is 2.07. The Morgan fingerprint density at radius 2 is 2.11 bits per heavy atom. The van der Waals surface area contributed by atoms with Gasteiger partial charge in [-0.15, -0.1) is 0 Å². The molecule has 4 heteroatoms. The number of nitrogens with one attached hydrogen (secondary N) is 1. The monoisotopic (exact) mass is 260 g/mol. The minimum atomic E-state index is -0.333. The van der Waals surface area contributed by atoms with E-state index in [1.54, 1.807) is 18.2 Å². The minimum absolute atomic E-state index is 0.0848. The van der Waals surface area contributed by atoms with Crippen molar-refractivity contribution in [3.63, 3.8) is 0 Å². The second-order valence-electron chi connectivity index (χ2n) is 4.55. The summed E-state index contributed by atoms with van der Waals surface area (Å²) < 4.78 is 15.3. The van der Waals surface area contributed by atoms with E-state index in [4.69, 9.17) is 0 Å². The smallest absolute Gasteiger partial charge is 0.224 e. The van der Waals surface area contributed by atoms with Crippen molar-refractivity contribution in [3.8, 4) is 0 Å². The lowest BCUT2D eigenvalue weighted by Gasteiger charge is -2.05. The molecule has 0 radical (unpaired) electrons. The number of aryl methyl sites for hydroxylation is 1. The molecule has 0 atom stereocenters. The number of benzene rings is 1. The van der Waals surface area contributed by atoms with E-state index in [1.165, 1.54) is 11.6 Å². The molecule has 2 aromatic rings. The van der Waals surface area contributed by atoms with Crippen molar-refractivity contribution in [2.75, 3.05) is 6.54 Å². The van der Waals surface area contributed by atoms with Crippen molar-refractivity contribution in [1.29, 1.82) is 0 Å². The molecule has 0 aliphatic rings. The van der Waals surface area contributed by atoms with Crippen molar-refractivity contribution in [1.82, 2.24) is 9.88 Å². The Balaban J connectivity index is 1.77. The van der Waals surface area contributed by atoms with Crippen LogP contribution in [-0.2, 0) is 24.7 Å². The summed E-state index contributed by atoms with van der Waals surface area (Å²) in [7, 11) is 1.96. The molecule has 2 rings (SSSR count). The third kappa shape index (κ3) is 3.95. The fourth-order valence-corrected chi connectivity index (χ4v) is 1.93. The van der Waals surface area contributed by atoms with Crippen molar-refractivity contribution in [3.05, 3.63) is 59.7 Å². The first kappa shape index (κ1) is 13.3. The van der Waals surface area contributed by atoms with Crippen LogP contribution in [0.2, 0.25) is 0 Å². The molecule has 0 saturated carbocycles. The SMILES string of the molecule is Cn1ccc(CCNC(=O)Cc2ccccc2F)c1. The number of halogens is 1. The van der Waals surface area contributed by atoms with Gasteiger partial charge in [0, 0.05) is 26.0 Å². The summed E-state index contributed by atoms with van der Waals surface area (Å²) in [6.07, 6.45) is 4.85. The van der Waals surface area contributed by atoms with Crippen LogP contribution in [0.1, 0.15) is 11.1 Å². The normalized spacial score (nSPS) is 10.4. The van der Waals surface area contributed by atoms with Crippen molar-refractivity contribution >= 4 is 5.91 Å². The molecule has 0 bridgehead atoms. The van der Waals surface area contributed by atoms with Crippen molar-refractivity contribution < 1.29 is 9.18 Å². The lowest BCUT2D eigenvalue weighted by Crippen LogP contribution is -2.27. The molecular weight excluding hydrogens is 243 g/mol. The Bertz CT molecular complexity index is 563. The van der Waals surface area contributed by atoms with Crippen LogP contribution in [0.15, 0.2) is 42.7 Å². The van der Waals surface area contributed by atoms with Crippen LogP contribution in [0.5, 0.6) is 0 Å². The van der Waals surface area contributed by atoms with Gasteiger partial charge in [0.2, 0.25) is 5.91 Å². The highest BCUT2D eigenvalue weighted by atomic mass is 19.1. The standard InChI is InChI=1S/C15H17FN2O/c1-18-9-7-12(11-18)6-8-17-15(19)10-13-4-2-3-5-14(13)16/h2-5,7,9,11H,6,8,10H2,1H3,(H,17,19). The summed E-state index contributed by atoms with van der Waals surface area (Å²) in [5, 5.41) is 2.80. The third-order valence-corrected chi connectivity index (χ3v) is 2.94. The van der Waals surface area contributed by atoms with Gasteiger partial charge in [-0.2, -0.15) is 0 Å². The molecular formula is C15H17FN2O. The molecule has 1 heterocycles. The molecule has 100 valence electrons. The second-order valence-corrected chi connectivity index (χ2v) is 4.55. The Morgan fingerprint density at radius 1 is 1.32 bits per heavy atom. The van der Waals surface area contributed by atoms with E-state index in [0.717, 1.165) is 6.42 Å². The number of hydrogen-bond donors (Lipinski definition) is 1. The summed E-state index contributed by atoms with van der Waals surface area (Å²) in [5.41, 5.74) is 1.61. The Morgan fingerprint density at radius 3 is 2.79 bits per heavy atom. The van der Waals surface area contributed by atoms with Gasteiger partial charge in [-0.3, -0.25) is 4.79 Å². The number of carbonyl (C=O) groups excluding carboxylic acids is 1. The van der Waals surface area contributed by atoms with Gasteiger partial charge in [-0.05, 0) is 29.7 Å². The number of hydrogen-bond acceptors (Lipinski definition) is 1. The van der Waals surface area contributed by atoms with E-state index in [-0.39, 0.29) is 18.1 Å². The van der Waals surface area contributed by atoms with Crippen LogP contribution < -0.4 is 5.32 Å². The van der Waals surface area contributed by atoms with Crippen LogP contribution in [0.3, 0.4) is 0 Å². The summed E-state index contributed by atoms with van der Waals surface area (Å²) in [6, 6.07) is 8.36. The fraction of sp³-hybridized carbons (Fsp3) is 0.267. The van der Waals surface area contributed by atoms with E-state index < -0.39 is 0 Å². The van der Waals surface area contributed by atoms with E-state index in [2.05, 4.69) is 5.32 Å². The zero-order valence-corrected chi connectivity index (χ0v) is 10.9. The van der Waals surface area contributed by atoms with Gasteiger partial charge in [-0.1, -0.05) is 18.2 Å². The maximum absolute atomic E-state index is 13.4. The molecule has 0 saturated heterocycles. The number of nitrogens with zero attached hydrogens (tertiary/aromatic N) is 1. The molecule has 0 fully saturated rings.